The van der Waals surface area contributed by atoms with E-state index < -0.39 is 40.8 Å². The number of alkyl halides is 3. The van der Waals surface area contributed by atoms with E-state index in [0.29, 0.717) is 6.33 Å². The van der Waals surface area contributed by atoms with Gasteiger partial charge in [0, 0.05) is 0 Å². The molecular formula is C9H6ClF3N2O3. The minimum atomic E-state index is -4.87. The van der Waals surface area contributed by atoms with Crippen molar-refractivity contribution < 1.29 is 27.5 Å². The fourth-order valence-corrected chi connectivity index (χ4v) is 1.36. The van der Waals surface area contributed by atoms with E-state index in [0.717, 1.165) is 7.11 Å². The first-order chi connectivity index (χ1) is 8.27. The Balaban J connectivity index is 3.22. The van der Waals surface area contributed by atoms with Gasteiger partial charge in [-0.2, -0.15) is 13.2 Å². The van der Waals surface area contributed by atoms with Crippen molar-refractivity contribution in [3.05, 3.63) is 22.7 Å². The van der Waals surface area contributed by atoms with Gasteiger partial charge in [0.15, 0.2) is 11.5 Å². The van der Waals surface area contributed by atoms with Gasteiger partial charge in [0.05, 0.1) is 12.7 Å². The fraction of sp³-hybridized carbons (Fsp3) is 0.333. The molecule has 0 N–H and O–H groups in total. The molecule has 0 aromatic carbocycles. The summed E-state index contributed by atoms with van der Waals surface area (Å²) < 4.78 is 42.0. The topological polar surface area (TPSA) is 69.2 Å². The highest BCUT2D eigenvalue weighted by Gasteiger charge is 2.39. The molecule has 0 radical (unpaired) electrons. The predicted octanol–water partition coefficient (Wildman–Crippen LogP) is 1.89. The zero-order valence-electron chi connectivity index (χ0n) is 8.92. The first-order valence-corrected chi connectivity index (χ1v) is 4.83. The van der Waals surface area contributed by atoms with E-state index >= 15 is 0 Å². The summed E-state index contributed by atoms with van der Waals surface area (Å²) in [5.74, 6) is -2.13. The Hall–Kier alpha value is -1.70. The summed E-state index contributed by atoms with van der Waals surface area (Å²) in [7, 11) is 1.00. The Bertz CT molecular complexity index is 490. The summed E-state index contributed by atoms with van der Waals surface area (Å²) in [5, 5.41) is -0.661. The number of hydrogen-bond donors (Lipinski definition) is 0. The number of esters is 1. The van der Waals surface area contributed by atoms with Crippen LogP contribution in [0.15, 0.2) is 6.33 Å². The van der Waals surface area contributed by atoms with Crippen LogP contribution in [0.25, 0.3) is 0 Å². The third-order valence-electron chi connectivity index (χ3n) is 1.88. The highest BCUT2D eigenvalue weighted by molar-refractivity contribution is 6.33. The molecule has 0 saturated carbocycles. The minimum absolute atomic E-state index is 0.583. The smallest absolute Gasteiger partial charge is 0.434 e. The molecule has 0 amide bonds. The molecule has 0 unspecified atom stereocenters. The van der Waals surface area contributed by atoms with Crippen molar-refractivity contribution in [3.63, 3.8) is 0 Å². The number of nitrogens with zero attached hydrogens (tertiary/aromatic N) is 2. The zero-order chi connectivity index (χ0) is 13.9. The van der Waals surface area contributed by atoms with Crippen molar-refractivity contribution in [3.8, 4) is 0 Å². The van der Waals surface area contributed by atoms with Gasteiger partial charge in [0.2, 0.25) is 0 Å². The van der Waals surface area contributed by atoms with Gasteiger partial charge >= 0.3 is 12.1 Å². The normalized spacial score (nSPS) is 11.2. The molecule has 1 heterocycles. The fourth-order valence-electron chi connectivity index (χ4n) is 1.12. The molecule has 1 aromatic rings. The van der Waals surface area contributed by atoms with E-state index in [9.17, 15) is 22.8 Å². The lowest BCUT2D eigenvalue weighted by atomic mass is 10.1. The van der Waals surface area contributed by atoms with Gasteiger partial charge in [-0.05, 0) is 0 Å². The van der Waals surface area contributed by atoms with Crippen molar-refractivity contribution in [2.24, 2.45) is 0 Å². The third kappa shape index (κ3) is 3.16. The molecule has 98 valence electrons. The second-order valence-corrected chi connectivity index (χ2v) is 3.42. The number of ketones is 1. The lowest BCUT2D eigenvalue weighted by Crippen LogP contribution is -2.19. The SMILES string of the molecule is COC(=O)CC(=O)c1c(Cl)ncnc1C(F)(F)F. The molecule has 0 spiro atoms. The Labute approximate surface area is 104 Å². The molecule has 1 aromatic heterocycles. The van der Waals surface area contributed by atoms with Crippen molar-refractivity contribution in [1.29, 1.82) is 0 Å². The number of carbonyl (C=O) groups is 2. The number of hydrogen-bond acceptors (Lipinski definition) is 5. The van der Waals surface area contributed by atoms with Crippen molar-refractivity contribution in [2.45, 2.75) is 12.6 Å². The van der Waals surface area contributed by atoms with E-state index in [1.54, 1.807) is 0 Å². The third-order valence-corrected chi connectivity index (χ3v) is 2.17. The summed E-state index contributed by atoms with van der Waals surface area (Å²) in [5.41, 5.74) is -2.41. The number of ether oxygens (including phenoxy) is 1. The molecule has 0 saturated heterocycles. The first-order valence-electron chi connectivity index (χ1n) is 4.45. The second kappa shape index (κ2) is 5.30. The van der Waals surface area contributed by atoms with Crippen molar-refractivity contribution >= 4 is 23.4 Å². The molecule has 0 atom stereocenters. The van der Waals surface area contributed by atoms with Crippen molar-refractivity contribution in [1.82, 2.24) is 9.97 Å². The Morgan fingerprint density at radius 1 is 1.39 bits per heavy atom. The molecule has 5 nitrogen and oxygen atoms in total. The molecule has 18 heavy (non-hydrogen) atoms. The molecule has 0 fully saturated rings. The quantitative estimate of drug-likeness (QED) is 0.366. The number of Topliss-reactive ketones (excluding diaryl/α,β-unsaturated/α-hetero) is 1. The first kappa shape index (κ1) is 14.4. The maximum Gasteiger partial charge on any atom is 0.434 e. The van der Waals surface area contributed by atoms with E-state index in [2.05, 4.69) is 14.7 Å². The molecule has 0 aliphatic carbocycles. The van der Waals surface area contributed by atoms with Crippen LogP contribution in [0.3, 0.4) is 0 Å². The highest BCUT2D eigenvalue weighted by atomic mass is 35.5. The van der Waals surface area contributed by atoms with Crippen LogP contribution in [-0.2, 0) is 15.7 Å². The summed E-state index contributed by atoms with van der Waals surface area (Å²) in [6, 6.07) is 0. The number of rotatable bonds is 3. The molecule has 0 aliphatic heterocycles. The van der Waals surface area contributed by atoms with E-state index in [1.807, 2.05) is 0 Å². The van der Waals surface area contributed by atoms with Crippen LogP contribution in [0.1, 0.15) is 22.5 Å². The summed E-state index contributed by atoms with van der Waals surface area (Å²) >= 11 is 5.43. The maximum atomic E-state index is 12.6. The zero-order valence-corrected chi connectivity index (χ0v) is 9.67. The van der Waals surface area contributed by atoms with Crippen LogP contribution < -0.4 is 0 Å². The van der Waals surface area contributed by atoms with Gasteiger partial charge in [-0.25, -0.2) is 9.97 Å². The second-order valence-electron chi connectivity index (χ2n) is 3.06. The van der Waals surface area contributed by atoms with Crippen LogP contribution in [-0.4, -0.2) is 28.8 Å². The van der Waals surface area contributed by atoms with Gasteiger partial charge in [-0.3, -0.25) is 9.59 Å². The summed E-state index contributed by atoms with van der Waals surface area (Å²) in [6.07, 6.45) is -5.15. The molecule has 9 heteroatoms. The van der Waals surface area contributed by atoms with Gasteiger partial charge in [-0.1, -0.05) is 11.6 Å². The average Bonchev–Trinajstić information content (AvgIpc) is 2.27. The standard InChI is InChI=1S/C9H6ClF3N2O3/c1-18-5(17)2-4(16)6-7(9(11,12)13)14-3-15-8(6)10/h3H,2H2,1H3. The molecule has 1 rings (SSSR count). The monoisotopic (exact) mass is 282 g/mol. The average molecular weight is 283 g/mol. The number of aromatic nitrogens is 2. The lowest BCUT2D eigenvalue weighted by molar-refractivity contribution is -0.142. The van der Waals surface area contributed by atoms with Crippen LogP contribution in [0.2, 0.25) is 5.15 Å². The number of halogens is 4. The van der Waals surface area contributed by atoms with Gasteiger partial charge in [0.1, 0.15) is 17.9 Å². The Kier molecular flexibility index (Phi) is 4.23. The van der Waals surface area contributed by atoms with E-state index in [4.69, 9.17) is 11.6 Å². The predicted molar refractivity (Wildman–Crippen MR) is 53.0 cm³/mol. The Morgan fingerprint density at radius 2 is 2.00 bits per heavy atom. The summed E-state index contributed by atoms with van der Waals surface area (Å²) in [6.45, 7) is 0. The largest absolute Gasteiger partial charge is 0.469 e. The van der Waals surface area contributed by atoms with Gasteiger partial charge in [-0.15, -0.1) is 0 Å². The van der Waals surface area contributed by atoms with E-state index in [-0.39, 0.29) is 0 Å². The van der Waals surface area contributed by atoms with Crippen LogP contribution in [0.5, 0.6) is 0 Å². The lowest BCUT2D eigenvalue weighted by Gasteiger charge is -2.10. The number of methoxy groups -OCH3 is 1. The van der Waals surface area contributed by atoms with Crippen LogP contribution >= 0.6 is 11.6 Å². The number of carbonyl (C=O) groups excluding carboxylic acids is 2. The minimum Gasteiger partial charge on any atom is -0.469 e. The molecule has 0 aliphatic rings. The van der Waals surface area contributed by atoms with Gasteiger partial charge in [0.25, 0.3) is 0 Å². The Morgan fingerprint density at radius 3 is 2.50 bits per heavy atom. The van der Waals surface area contributed by atoms with Gasteiger partial charge < -0.3 is 4.74 Å². The molecule has 0 bridgehead atoms. The van der Waals surface area contributed by atoms with Crippen molar-refractivity contribution in [2.75, 3.05) is 7.11 Å². The van der Waals surface area contributed by atoms with E-state index in [1.165, 1.54) is 0 Å². The maximum absolute atomic E-state index is 12.6. The van der Waals surface area contributed by atoms with Crippen LogP contribution in [0.4, 0.5) is 13.2 Å². The summed E-state index contributed by atoms with van der Waals surface area (Å²) in [4.78, 5) is 28.7. The molecular weight excluding hydrogens is 277 g/mol. The van der Waals surface area contributed by atoms with Crippen LogP contribution in [0, 0.1) is 0 Å². The highest BCUT2D eigenvalue weighted by Crippen LogP contribution is 2.32.